The smallest absolute Gasteiger partial charge is 0.225 e. The molecule has 0 aliphatic rings. The first-order valence-corrected chi connectivity index (χ1v) is 8.75. The van der Waals surface area contributed by atoms with Crippen LogP contribution in [0.2, 0.25) is 0 Å². The van der Waals surface area contributed by atoms with Crippen molar-refractivity contribution < 1.29 is 4.74 Å². The molecule has 0 aliphatic carbocycles. The van der Waals surface area contributed by atoms with Crippen LogP contribution in [0.15, 0.2) is 66.7 Å². The molecule has 0 fully saturated rings. The van der Waals surface area contributed by atoms with Crippen molar-refractivity contribution in [2.45, 2.75) is 13.0 Å². The van der Waals surface area contributed by atoms with E-state index in [9.17, 15) is 0 Å². The van der Waals surface area contributed by atoms with Gasteiger partial charge in [0.25, 0.3) is 0 Å². The molecule has 2 aromatic carbocycles. The molecule has 0 saturated carbocycles. The Bertz CT molecular complexity index is 809. The van der Waals surface area contributed by atoms with E-state index in [0.717, 1.165) is 17.1 Å². The highest BCUT2D eigenvalue weighted by Crippen LogP contribution is 2.23. The number of hydrogen-bond acceptors (Lipinski definition) is 5. The Morgan fingerprint density at radius 2 is 1.65 bits per heavy atom. The second-order valence-corrected chi connectivity index (χ2v) is 6.02. The number of hydrogen-bond donors (Lipinski definition) is 2. The van der Waals surface area contributed by atoms with Crippen molar-refractivity contribution in [2.75, 3.05) is 30.9 Å². The van der Waals surface area contributed by atoms with Crippen molar-refractivity contribution >= 4 is 11.8 Å². The van der Waals surface area contributed by atoms with E-state index in [4.69, 9.17) is 9.72 Å². The summed E-state index contributed by atoms with van der Waals surface area (Å²) in [7, 11) is 1.69. The summed E-state index contributed by atoms with van der Waals surface area (Å²) in [6.07, 6.45) is 0. The van der Waals surface area contributed by atoms with Gasteiger partial charge in [-0.1, -0.05) is 60.7 Å². The van der Waals surface area contributed by atoms with Crippen LogP contribution < -0.4 is 10.6 Å². The molecule has 1 atom stereocenters. The summed E-state index contributed by atoms with van der Waals surface area (Å²) in [6.45, 7) is 3.41. The number of anilines is 2. The minimum absolute atomic E-state index is 0.106. The summed E-state index contributed by atoms with van der Waals surface area (Å²) >= 11 is 0. The van der Waals surface area contributed by atoms with Gasteiger partial charge in [-0.05, 0) is 12.5 Å². The van der Waals surface area contributed by atoms with Gasteiger partial charge in [0.15, 0.2) is 0 Å². The van der Waals surface area contributed by atoms with Crippen LogP contribution in [-0.4, -0.2) is 30.2 Å². The Morgan fingerprint density at radius 3 is 2.35 bits per heavy atom. The van der Waals surface area contributed by atoms with E-state index in [1.54, 1.807) is 7.11 Å². The number of nitrogens with one attached hydrogen (secondary N) is 2. The molecule has 26 heavy (non-hydrogen) atoms. The van der Waals surface area contributed by atoms with Crippen LogP contribution in [0.4, 0.5) is 11.8 Å². The highest BCUT2D eigenvalue weighted by Gasteiger charge is 2.10. The average molecular weight is 348 g/mol. The molecule has 0 bridgehead atoms. The van der Waals surface area contributed by atoms with Crippen molar-refractivity contribution in [3.05, 3.63) is 72.3 Å². The molecule has 1 heterocycles. The molecular weight excluding hydrogens is 324 g/mol. The predicted octanol–water partition coefficient (Wildman–Crippen LogP) is 4.38. The van der Waals surface area contributed by atoms with Crippen LogP contribution in [0.25, 0.3) is 11.3 Å². The van der Waals surface area contributed by atoms with Gasteiger partial charge >= 0.3 is 0 Å². The molecule has 0 saturated heterocycles. The highest BCUT2D eigenvalue weighted by atomic mass is 16.5. The van der Waals surface area contributed by atoms with Crippen molar-refractivity contribution in [2.24, 2.45) is 0 Å². The predicted molar refractivity (Wildman–Crippen MR) is 106 cm³/mol. The third kappa shape index (κ3) is 4.80. The van der Waals surface area contributed by atoms with Gasteiger partial charge in [-0.3, -0.25) is 0 Å². The van der Waals surface area contributed by atoms with Crippen LogP contribution in [0.5, 0.6) is 0 Å². The second-order valence-electron chi connectivity index (χ2n) is 6.02. The number of ether oxygens (including phenoxy) is 1. The van der Waals surface area contributed by atoms with Gasteiger partial charge in [0, 0.05) is 25.3 Å². The third-order valence-corrected chi connectivity index (χ3v) is 4.05. The summed E-state index contributed by atoms with van der Waals surface area (Å²) in [6, 6.07) is 22.4. The first kappa shape index (κ1) is 17.9. The van der Waals surface area contributed by atoms with Crippen LogP contribution >= 0.6 is 0 Å². The lowest BCUT2D eigenvalue weighted by atomic mass is 10.1. The fourth-order valence-corrected chi connectivity index (χ4v) is 2.66. The zero-order chi connectivity index (χ0) is 18.2. The summed E-state index contributed by atoms with van der Waals surface area (Å²) in [5.74, 6) is 1.38. The quantitative estimate of drug-likeness (QED) is 0.592. The van der Waals surface area contributed by atoms with E-state index in [1.165, 1.54) is 5.56 Å². The third-order valence-electron chi connectivity index (χ3n) is 4.05. The van der Waals surface area contributed by atoms with Gasteiger partial charge < -0.3 is 15.4 Å². The Hall–Kier alpha value is -2.92. The Labute approximate surface area is 154 Å². The Kier molecular flexibility index (Phi) is 6.17. The fourth-order valence-electron chi connectivity index (χ4n) is 2.66. The van der Waals surface area contributed by atoms with Crippen LogP contribution in [0, 0.1) is 0 Å². The molecule has 0 amide bonds. The SMILES string of the molecule is COCCNc1cc(-c2ccccc2)nc(NC(C)c2ccccc2)n1. The molecule has 3 aromatic rings. The first-order valence-electron chi connectivity index (χ1n) is 8.75. The van der Waals surface area contributed by atoms with Gasteiger partial charge in [-0.25, -0.2) is 4.98 Å². The van der Waals surface area contributed by atoms with Gasteiger partial charge in [0.05, 0.1) is 18.3 Å². The van der Waals surface area contributed by atoms with Crippen LogP contribution in [-0.2, 0) is 4.74 Å². The molecule has 2 N–H and O–H groups in total. The summed E-state index contributed by atoms with van der Waals surface area (Å²) in [5.41, 5.74) is 3.12. The summed E-state index contributed by atoms with van der Waals surface area (Å²) in [4.78, 5) is 9.31. The Morgan fingerprint density at radius 1 is 0.962 bits per heavy atom. The van der Waals surface area contributed by atoms with E-state index >= 15 is 0 Å². The van der Waals surface area contributed by atoms with Crippen molar-refractivity contribution in [1.82, 2.24) is 9.97 Å². The maximum absolute atomic E-state index is 5.11. The maximum atomic E-state index is 5.11. The molecule has 5 heteroatoms. The lowest BCUT2D eigenvalue weighted by molar-refractivity contribution is 0.210. The van der Waals surface area contributed by atoms with Gasteiger partial charge in [-0.2, -0.15) is 4.98 Å². The molecule has 0 aliphatic heterocycles. The molecular formula is C21H24N4O. The molecule has 134 valence electrons. The minimum atomic E-state index is 0.106. The monoisotopic (exact) mass is 348 g/mol. The van der Waals surface area contributed by atoms with Gasteiger partial charge in [0.1, 0.15) is 5.82 Å². The van der Waals surface area contributed by atoms with Crippen molar-refractivity contribution in [3.8, 4) is 11.3 Å². The normalized spacial score (nSPS) is 11.8. The Balaban J connectivity index is 1.86. The number of benzene rings is 2. The maximum Gasteiger partial charge on any atom is 0.225 e. The molecule has 5 nitrogen and oxygen atoms in total. The lowest BCUT2D eigenvalue weighted by Crippen LogP contribution is -2.13. The number of methoxy groups -OCH3 is 1. The molecule has 0 radical (unpaired) electrons. The lowest BCUT2D eigenvalue weighted by Gasteiger charge is -2.16. The number of rotatable bonds is 8. The number of nitrogens with zero attached hydrogens (tertiary/aromatic N) is 2. The highest BCUT2D eigenvalue weighted by molar-refractivity contribution is 5.64. The second kappa shape index (κ2) is 8.97. The van der Waals surface area contributed by atoms with E-state index in [-0.39, 0.29) is 6.04 Å². The van der Waals surface area contributed by atoms with E-state index in [0.29, 0.717) is 19.1 Å². The zero-order valence-corrected chi connectivity index (χ0v) is 15.1. The topological polar surface area (TPSA) is 59.1 Å². The summed E-state index contributed by atoms with van der Waals surface area (Å²) < 4.78 is 5.11. The van der Waals surface area contributed by atoms with E-state index in [2.05, 4.69) is 34.7 Å². The fraction of sp³-hybridized carbons (Fsp3) is 0.238. The van der Waals surface area contributed by atoms with Gasteiger partial charge in [-0.15, -0.1) is 0 Å². The van der Waals surface area contributed by atoms with Crippen LogP contribution in [0.1, 0.15) is 18.5 Å². The standard InChI is InChI=1S/C21H24N4O/c1-16(17-9-5-3-6-10-17)23-21-24-19(18-11-7-4-8-12-18)15-20(25-21)22-13-14-26-2/h3-12,15-16H,13-14H2,1-2H3,(H2,22,23,24,25). The van der Waals surface area contributed by atoms with Crippen LogP contribution in [0.3, 0.4) is 0 Å². The number of aromatic nitrogens is 2. The zero-order valence-electron chi connectivity index (χ0n) is 15.1. The molecule has 1 unspecified atom stereocenters. The largest absolute Gasteiger partial charge is 0.383 e. The van der Waals surface area contributed by atoms with Gasteiger partial charge in [0.2, 0.25) is 5.95 Å². The van der Waals surface area contributed by atoms with Crippen molar-refractivity contribution in [3.63, 3.8) is 0 Å². The van der Waals surface area contributed by atoms with E-state index < -0.39 is 0 Å². The average Bonchev–Trinajstić information content (AvgIpc) is 2.69. The first-order chi connectivity index (χ1) is 12.8. The molecule has 1 aromatic heterocycles. The summed E-state index contributed by atoms with van der Waals surface area (Å²) in [5, 5.41) is 6.70. The minimum Gasteiger partial charge on any atom is -0.383 e. The molecule has 0 spiro atoms. The van der Waals surface area contributed by atoms with Crippen molar-refractivity contribution in [1.29, 1.82) is 0 Å². The van der Waals surface area contributed by atoms with E-state index in [1.807, 2.05) is 54.6 Å². The molecule has 3 rings (SSSR count).